The lowest BCUT2D eigenvalue weighted by molar-refractivity contribution is 0.117. The second kappa shape index (κ2) is 7.66. The van der Waals surface area contributed by atoms with E-state index < -0.39 is 0 Å². The molecule has 1 heterocycles. The molecule has 21 heavy (non-hydrogen) atoms. The van der Waals surface area contributed by atoms with Crippen LogP contribution in [0.4, 0.5) is 0 Å². The number of rotatable bonds is 6. The molecule has 0 saturated carbocycles. The van der Waals surface area contributed by atoms with E-state index in [0.717, 1.165) is 32.5 Å². The lowest BCUT2D eigenvalue weighted by Gasteiger charge is -2.40. The molecule has 1 aromatic rings. The number of phenols is 1. The zero-order valence-electron chi connectivity index (χ0n) is 13.4. The summed E-state index contributed by atoms with van der Waals surface area (Å²) in [5.74, 6) is 0.810. The number of nitrogens with zero attached hydrogens (tertiary/aromatic N) is 1. The lowest BCUT2D eigenvalue weighted by atomic mass is 10.0. The molecule has 0 aromatic heterocycles. The van der Waals surface area contributed by atoms with Crippen LogP contribution < -0.4 is 10.1 Å². The summed E-state index contributed by atoms with van der Waals surface area (Å²) in [7, 11) is 0. The van der Waals surface area contributed by atoms with Crippen molar-refractivity contribution in [3.63, 3.8) is 0 Å². The minimum Gasteiger partial charge on any atom is -0.504 e. The summed E-state index contributed by atoms with van der Waals surface area (Å²) in [6.07, 6.45) is 2.31. The Kier molecular flexibility index (Phi) is 5.88. The minimum atomic E-state index is 0.222. The monoisotopic (exact) mass is 292 g/mol. The highest BCUT2D eigenvalue weighted by molar-refractivity contribution is 5.41. The predicted molar refractivity (Wildman–Crippen MR) is 85.8 cm³/mol. The number of hydrogen-bond donors (Lipinski definition) is 2. The van der Waals surface area contributed by atoms with Gasteiger partial charge in [-0.3, -0.25) is 4.90 Å². The van der Waals surface area contributed by atoms with E-state index in [4.69, 9.17) is 4.74 Å². The molecule has 0 spiro atoms. The molecule has 4 nitrogen and oxygen atoms in total. The molecule has 1 saturated heterocycles. The van der Waals surface area contributed by atoms with Crippen LogP contribution in [0.1, 0.15) is 39.2 Å². The van der Waals surface area contributed by atoms with Gasteiger partial charge in [-0.25, -0.2) is 0 Å². The summed E-state index contributed by atoms with van der Waals surface area (Å²) >= 11 is 0. The van der Waals surface area contributed by atoms with E-state index >= 15 is 0 Å². The fourth-order valence-electron chi connectivity index (χ4n) is 2.96. The van der Waals surface area contributed by atoms with Gasteiger partial charge in [0.25, 0.3) is 0 Å². The predicted octanol–water partition coefficient (Wildman–Crippen LogP) is 2.75. The van der Waals surface area contributed by atoms with Crippen molar-refractivity contribution in [3.8, 4) is 11.5 Å². The van der Waals surface area contributed by atoms with Crippen molar-refractivity contribution < 1.29 is 9.84 Å². The fourth-order valence-corrected chi connectivity index (χ4v) is 2.96. The van der Waals surface area contributed by atoms with Crippen LogP contribution in [-0.4, -0.2) is 41.8 Å². The molecule has 0 radical (unpaired) electrons. The van der Waals surface area contributed by atoms with Crippen LogP contribution in [-0.2, 0) is 6.54 Å². The Labute approximate surface area is 128 Å². The van der Waals surface area contributed by atoms with Gasteiger partial charge in [-0.2, -0.15) is 0 Å². The number of hydrogen-bond acceptors (Lipinski definition) is 4. The Hall–Kier alpha value is -1.26. The first-order chi connectivity index (χ1) is 10.2. The van der Waals surface area contributed by atoms with E-state index in [-0.39, 0.29) is 5.75 Å². The topological polar surface area (TPSA) is 44.7 Å². The van der Waals surface area contributed by atoms with Gasteiger partial charge in [-0.05, 0) is 37.5 Å². The van der Waals surface area contributed by atoms with E-state index in [1.165, 1.54) is 5.56 Å². The standard InChI is InChI=1S/C17H28N2O2/c1-4-14-12-19(15(5-2)10-18-14)11-13-7-8-16(20)17(9-13)21-6-3/h7-9,14-15,18,20H,4-6,10-12H2,1-3H3. The molecular weight excluding hydrogens is 264 g/mol. The Morgan fingerprint density at radius 2 is 2.10 bits per heavy atom. The van der Waals surface area contributed by atoms with E-state index in [0.29, 0.717) is 24.4 Å². The van der Waals surface area contributed by atoms with Gasteiger partial charge in [-0.15, -0.1) is 0 Å². The maximum atomic E-state index is 9.80. The molecule has 4 heteroatoms. The third-order valence-electron chi connectivity index (χ3n) is 4.29. The van der Waals surface area contributed by atoms with Gasteiger partial charge in [0, 0.05) is 31.7 Å². The average Bonchev–Trinajstić information content (AvgIpc) is 2.50. The minimum absolute atomic E-state index is 0.222. The summed E-state index contributed by atoms with van der Waals surface area (Å²) in [4.78, 5) is 2.55. The quantitative estimate of drug-likeness (QED) is 0.846. The fraction of sp³-hybridized carbons (Fsp3) is 0.647. The maximum Gasteiger partial charge on any atom is 0.161 e. The van der Waals surface area contributed by atoms with Crippen molar-refractivity contribution >= 4 is 0 Å². The third kappa shape index (κ3) is 4.11. The number of benzene rings is 1. The van der Waals surface area contributed by atoms with Crippen molar-refractivity contribution in [2.75, 3.05) is 19.7 Å². The van der Waals surface area contributed by atoms with E-state index in [1.54, 1.807) is 6.07 Å². The van der Waals surface area contributed by atoms with E-state index in [9.17, 15) is 5.11 Å². The van der Waals surface area contributed by atoms with Gasteiger partial charge >= 0.3 is 0 Å². The summed E-state index contributed by atoms with van der Waals surface area (Å²) in [5.41, 5.74) is 1.20. The first-order valence-electron chi connectivity index (χ1n) is 8.10. The second-order valence-electron chi connectivity index (χ2n) is 5.74. The molecule has 2 N–H and O–H groups in total. The van der Waals surface area contributed by atoms with Crippen molar-refractivity contribution in [1.29, 1.82) is 0 Å². The first-order valence-corrected chi connectivity index (χ1v) is 8.10. The third-order valence-corrected chi connectivity index (χ3v) is 4.29. The molecule has 1 aliphatic rings. The highest BCUT2D eigenvalue weighted by atomic mass is 16.5. The number of phenolic OH excluding ortho intramolecular Hbond substituents is 1. The highest BCUT2D eigenvalue weighted by Crippen LogP contribution is 2.28. The van der Waals surface area contributed by atoms with Crippen LogP contribution in [0.2, 0.25) is 0 Å². The van der Waals surface area contributed by atoms with Crippen LogP contribution in [0.25, 0.3) is 0 Å². The molecule has 118 valence electrons. The van der Waals surface area contributed by atoms with Crippen molar-refractivity contribution in [1.82, 2.24) is 10.2 Å². The molecule has 1 aromatic carbocycles. The molecule has 2 unspecified atom stereocenters. The van der Waals surface area contributed by atoms with Gasteiger partial charge in [-0.1, -0.05) is 19.9 Å². The highest BCUT2D eigenvalue weighted by Gasteiger charge is 2.25. The Morgan fingerprint density at radius 3 is 2.76 bits per heavy atom. The first kappa shape index (κ1) is 16.1. The summed E-state index contributed by atoms with van der Waals surface area (Å²) < 4.78 is 5.48. The number of aromatic hydroxyl groups is 1. The average molecular weight is 292 g/mol. The molecule has 1 aliphatic heterocycles. The molecule has 2 atom stereocenters. The summed E-state index contributed by atoms with van der Waals surface area (Å²) in [6.45, 7) is 10.0. The van der Waals surface area contributed by atoms with Gasteiger partial charge in [0.1, 0.15) is 0 Å². The zero-order chi connectivity index (χ0) is 15.2. The molecule has 0 bridgehead atoms. The van der Waals surface area contributed by atoms with Crippen LogP contribution in [0.15, 0.2) is 18.2 Å². The van der Waals surface area contributed by atoms with Gasteiger partial charge in [0.05, 0.1) is 6.61 Å². The smallest absolute Gasteiger partial charge is 0.161 e. The van der Waals surface area contributed by atoms with E-state index in [1.807, 2.05) is 19.1 Å². The molecular formula is C17H28N2O2. The van der Waals surface area contributed by atoms with Crippen LogP contribution in [0.5, 0.6) is 11.5 Å². The largest absolute Gasteiger partial charge is 0.504 e. The Morgan fingerprint density at radius 1 is 1.29 bits per heavy atom. The van der Waals surface area contributed by atoms with Crippen molar-refractivity contribution in [3.05, 3.63) is 23.8 Å². The second-order valence-corrected chi connectivity index (χ2v) is 5.74. The number of ether oxygens (including phenoxy) is 1. The van der Waals surface area contributed by atoms with Crippen molar-refractivity contribution in [2.45, 2.75) is 52.2 Å². The lowest BCUT2D eigenvalue weighted by Crippen LogP contribution is -2.55. The van der Waals surface area contributed by atoms with Crippen molar-refractivity contribution in [2.24, 2.45) is 0 Å². The molecule has 2 rings (SSSR count). The Balaban J connectivity index is 2.09. The molecule has 1 fully saturated rings. The summed E-state index contributed by atoms with van der Waals surface area (Å²) in [6, 6.07) is 6.86. The van der Waals surface area contributed by atoms with Crippen LogP contribution in [0.3, 0.4) is 0 Å². The Bertz CT molecular complexity index is 450. The SMILES string of the molecule is CCOc1cc(CN2CC(CC)NCC2CC)ccc1O. The van der Waals surface area contributed by atoms with Crippen LogP contribution >= 0.6 is 0 Å². The van der Waals surface area contributed by atoms with Gasteiger partial charge < -0.3 is 15.2 Å². The number of piperazine rings is 1. The molecule has 0 amide bonds. The normalized spacial score (nSPS) is 23.2. The zero-order valence-corrected chi connectivity index (χ0v) is 13.4. The van der Waals surface area contributed by atoms with Gasteiger partial charge in [0.2, 0.25) is 0 Å². The molecule has 0 aliphatic carbocycles. The van der Waals surface area contributed by atoms with Gasteiger partial charge in [0.15, 0.2) is 11.5 Å². The summed E-state index contributed by atoms with van der Waals surface area (Å²) in [5, 5.41) is 13.4. The number of nitrogens with one attached hydrogen (secondary N) is 1. The van der Waals surface area contributed by atoms with E-state index in [2.05, 4.69) is 24.1 Å². The van der Waals surface area contributed by atoms with Crippen LogP contribution in [0, 0.1) is 0 Å². The maximum absolute atomic E-state index is 9.80.